The molecule has 9 heteroatoms. The predicted molar refractivity (Wildman–Crippen MR) is 462 cm³/mol. The van der Waals surface area contributed by atoms with Crippen molar-refractivity contribution in [1.29, 1.82) is 0 Å². The van der Waals surface area contributed by atoms with Gasteiger partial charge in [-0.15, -0.1) is 0 Å². The van der Waals surface area contributed by atoms with Crippen LogP contribution in [-0.4, -0.2) is 42.4 Å². The summed E-state index contributed by atoms with van der Waals surface area (Å²) in [5.74, 6) is 2.14. The van der Waals surface area contributed by atoms with E-state index in [2.05, 4.69) is 368 Å². The molecule has 0 bridgehead atoms. The molecule has 111 heavy (non-hydrogen) atoms. The summed E-state index contributed by atoms with van der Waals surface area (Å²) in [5, 5.41) is 23.5. The van der Waals surface area contributed by atoms with E-state index >= 15 is 0 Å². The first kappa shape index (κ1) is 59.1. The number of nitrogens with zero attached hydrogens (tertiary/aromatic N) is 9. The van der Waals surface area contributed by atoms with E-state index in [0.29, 0.717) is 11.8 Å². The van der Waals surface area contributed by atoms with Gasteiger partial charge in [-0.05, 0) is 118 Å². The maximum absolute atomic E-state index is 5.85. The van der Waals surface area contributed by atoms with E-state index in [9.17, 15) is 0 Å². The maximum Gasteiger partial charge on any atom is 0.235 e. The van der Waals surface area contributed by atoms with E-state index in [0.717, 1.165) is 122 Å². The molecule has 0 saturated carbocycles. The predicted octanol–water partition coefficient (Wildman–Crippen LogP) is 26.1. The fraction of sp³-hybridized carbons (Fsp3) is 0. The Balaban J connectivity index is 0.662. The average molecular weight is 1410 g/mol. The van der Waals surface area contributed by atoms with Gasteiger partial charge in [0.15, 0.2) is 5.82 Å². The Hall–Kier alpha value is -15.1. The largest absolute Gasteiger partial charge is 0.309 e. The minimum Gasteiger partial charge on any atom is -0.309 e. The number of rotatable bonds is 7. The van der Waals surface area contributed by atoms with Crippen molar-refractivity contribution in [3.63, 3.8) is 0 Å². The van der Waals surface area contributed by atoms with E-state index in [-0.39, 0.29) is 0 Å². The molecule has 9 heterocycles. The molecule has 26 rings (SSSR count). The van der Waals surface area contributed by atoms with Crippen LogP contribution in [0.4, 0.5) is 0 Å². The van der Waals surface area contributed by atoms with Crippen molar-refractivity contribution in [2.75, 3.05) is 0 Å². The van der Waals surface area contributed by atoms with E-state index < -0.39 is 0 Å². The van der Waals surface area contributed by atoms with Gasteiger partial charge in [0.05, 0.1) is 82.9 Å². The molecule has 0 aliphatic carbocycles. The Labute approximate surface area is 631 Å². The van der Waals surface area contributed by atoms with Crippen molar-refractivity contribution in [3.05, 3.63) is 346 Å². The Morgan fingerprint density at radius 2 is 0.649 bits per heavy atom. The third-order valence-corrected chi connectivity index (χ3v) is 24.3. The van der Waals surface area contributed by atoms with Gasteiger partial charge in [-0.25, -0.2) is 19.9 Å². The summed E-state index contributed by atoms with van der Waals surface area (Å²) in [6.45, 7) is 0. The third-order valence-electron chi connectivity index (χ3n) is 24.3. The highest BCUT2D eigenvalue weighted by Gasteiger charge is 2.30. The second kappa shape index (κ2) is 21.8. The highest BCUT2D eigenvalue weighted by molar-refractivity contribution is 6.38. The van der Waals surface area contributed by atoms with Crippen LogP contribution in [0.1, 0.15) is 0 Å². The lowest BCUT2D eigenvalue weighted by molar-refractivity contribution is 1.02. The zero-order valence-electron chi connectivity index (χ0n) is 59.4. The first-order valence-corrected chi connectivity index (χ1v) is 38.0. The molecular weight excluding hydrogens is 1350 g/mol. The standard InChI is InChI=1S/C102H57N9/c1-2-21-58(22-3-1)59-41-43-62(44-42-59)100-103-84-36-15-9-34-75(84)101(106-100)110-87-39-18-12-31-71(87)80-57-82-78-54-64(48-52-89(78)109-95-68-28-7-5-24-61(68)45-50-76(95)91(97(82)109)98(80)110)63-25-20-26-66(53-63)107-85-37-16-10-29-69(85)73-49-47-65(55-90(73)107)93-74-33-8-14-35-83(74)104-102(105-93)111-88-40-19-13-32-72(88)81-56-79-70-30-11-17-38-86(70)108-94-67-27-6-4-23-60(67)46-51-77(94)92(96(79)108)99(81)111/h1-57H. The van der Waals surface area contributed by atoms with Crippen LogP contribution in [0, 0.1) is 0 Å². The number of hydrogen-bond acceptors (Lipinski definition) is 4. The highest BCUT2D eigenvalue weighted by atomic mass is 15.2. The molecule has 0 spiro atoms. The Morgan fingerprint density at radius 3 is 1.32 bits per heavy atom. The topological polar surface area (TPSA) is 75.2 Å². The van der Waals surface area contributed by atoms with Crippen molar-refractivity contribution in [2.45, 2.75) is 0 Å². The monoisotopic (exact) mass is 1410 g/mol. The van der Waals surface area contributed by atoms with Gasteiger partial charge in [0.25, 0.3) is 0 Å². The molecule has 0 radical (unpaired) electrons. The zero-order valence-corrected chi connectivity index (χ0v) is 59.4. The molecule has 0 aliphatic rings. The minimum atomic E-state index is 0.624. The van der Waals surface area contributed by atoms with Crippen LogP contribution in [0.15, 0.2) is 346 Å². The van der Waals surface area contributed by atoms with Gasteiger partial charge in [0.2, 0.25) is 5.95 Å². The number of aromatic nitrogens is 9. The first-order chi connectivity index (χ1) is 55.1. The molecular formula is C102H57N9. The summed E-state index contributed by atoms with van der Waals surface area (Å²) in [7, 11) is 0. The summed E-state index contributed by atoms with van der Waals surface area (Å²) in [4.78, 5) is 22.4. The molecule has 17 aromatic carbocycles. The molecule has 0 atom stereocenters. The summed E-state index contributed by atoms with van der Waals surface area (Å²) in [5.41, 5.74) is 24.0. The molecule has 9 nitrogen and oxygen atoms in total. The van der Waals surface area contributed by atoms with E-state index in [1.165, 1.54) is 114 Å². The molecule has 0 saturated heterocycles. The number of hydrogen-bond donors (Lipinski definition) is 0. The molecule has 510 valence electrons. The summed E-state index contributed by atoms with van der Waals surface area (Å²) < 4.78 is 12.3. The molecule has 0 fully saturated rings. The van der Waals surface area contributed by atoms with Gasteiger partial charge >= 0.3 is 0 Å². The van der Waals surface area contributed by atoms with Gasteiger partial charge in [-0.3, -0.25) is 9.13 Å². The van der Waals surface area contributed by atoms with Gasteiger partial charge in [-0.2, -0.15) is 0 Å². The Morgan fingerprint density at radius 1 is 0.198 bits per heavy atom. The van der Waals surface area contributed by atoms with Gasteiger partial charge in [0.1, 0.15) is 5.82 Å². The lowest BCUT2D eigenvalue weighted by Gasteiger charge is -2.14. The first-order valence-electron chi connectivity index (χ1n) is 38.0. The second-order valence-electron chi connectivity index (χ2n) is 29.9. The maximum atomic E-state index is 5.85. The molecule has 0 unspecified atom stereocenters. The summed E-state index contributed by atoms with van der Waals surface area (Å²) in [6, 6.07) is 127. The number of para-hydroxylation sites is 6. The Kier molecular flexibility index (Phi) is 11.6. The molecule has 0 amide bonds. The molecule has 0 N–H and O–H groups in total. The van der Waals surface area contributed by atoms with Crippen LogP contribution in [0.25, 0.3) is 247 Å². The lowest BCUT2D eigenvalue weighted by atomic mass is 9.99. The summed E-state index contributed by atoms with van der Waals surface area (Å²) >= 11 is 0. The van der Waals surface area contributed by atoms with Crippen LogP contribution in [-0.2, 0) is 0 Å². The summed E-state index contributed by atoms with van der Waals surface area (Å²) in [6.07, 6.45) is 0. The highest BCUT2D eigenvalue weighted by Crippen LogP contribution is 2.52. The SMILES string of the molecule is c1ccc(-c2ccc(-c3nc(-n4c5ccccc5c5cc6c7cc(-c8cccc(-n9c%10ccccc%10c%10ccc(-c%11nc(-n%12c%13ccccc%13c%13cc%14c%15ccccc%15n%15c%16c%17ccccc%17ccc%16c(c%13%12)c%14%15)nc%12ccccc%11%12)cc%109)c8)ccc7n7c8c9ccccc9ccc8c(c54)c67)c4ccccc4n3)cc2)cc1. The van der Waals surface area contributed by atoms with Crippen LogP contribution in [0.5, 0.6) is 0 Å². The van der Waals surface area contributed by atoms with Crippen molar-refractivity contribution in [1.82, 2.24) is 42.4 Å². The normalized spacial score (nSPS) is 12.5. The Bertz CT molecular complexity index is 8590. The van der Waals surface area contributed by atoms with Crippen molar-refractivity contribution in [2.24, 2.45) is 0 Å². The smallest absolute Gasteiger partial charge is 0.235 e. The molecule has 0 aliphatic heterocycles. The van der Waals surface area contributed by atoms with Crippen LogP contribution in [0.3, 0.4) is 0 Å². The number of fused-ring (bicyclic) bond motifs is 29. The number of benzene rings is 17. The minimum absolute atomic E-state index is 0.624. The van der Waals surface area contributed by atoms with Gasteiger partial charge in [0, 0.05) is 114 Å². The van der Waals surface area contributed by atoms with Crippen molar-refractivity contribution >= 4 is 185 Å². The fourth-order valence-electron chi connectivity index (χ4n) is 19.6. The average Bonchev–Trinajstić information content (AvgIpc) is 1.51. The van der Waals surface area contributed by atoms with E-state index in [4.69, 9.17) is 19.9 Å². The fourth-order valence-corrected chi connectivity index (χ4v) is 19.6. The molecule has 26 aromatic rings. The lowest BCUT2D eigenvalue weighted by Crippen LogP contribution is -2.04. The van der Waals surface area contributed by atoms with Crippen LogP contribution < -0.4 is 0 Å². The zero-order chi connectivity index (χ0) is 72.0. The molecule has 9 aromatic heterocycles. The van der Waals surface area contributed by atoms with Gasteiger partial charge < -0.3 is 13.4 Å². The third kappa shape index (κ3) is 7.96. The van der Waals surface area contributed by atoms with Crippen molar-refractivity contribution < 1.29 is 0 Å². The van der Waals surface area contributed by atoms with Gasteiger partial charge in [-0.1, -0.05) is 261 Å². The van der Waals surface area contributed by atoms with E-state index in [1.54, 1.807) is 0 Å². The quantitative estimate of drug-likeness (QED) is 0.159. The van der Waals surface area contributed by atoms with Crippen LogP contribution in [0.2, 0.25) is 0 Å². The van der Waals surface area contributed by atoms with Crippen molar-refractivity contribution in [3.8, 4) is 62.4 Å². The van der Waals surface area contributed by atoms with Crippen LogP contribution >= 0.6 is 0 Å². The van der Waals surface area contributed by atoms with E-state index in [1.807, 2.05) is 0 Å². The second-order valence-corrected chi connectivity index (χ2v) is 29.9.